The van der Waals surface area contributed by atoms with E-state index in [0.717, 1.165) is 0 Å². The van der Waals surface area contributed by atoms with Gasteiger partial charge in [-0.1, -0.05) is 0 Å². The van der Waals surface area contributed by atoms with Gasteiger partial charge in [0, 0.05) is 13.1 Å². The van der Waals surface area contributed by atoms with Gasteiger partial charge in [0.15, 0.2) is 5.82 Å². The predicted octanol–water partition coefficient (Wildman–Crippen LogP) is 3.29. The highest BCUT2D eigenvalue weighted by molar-refractivity contribution is 9.10. The van der Waals surface area contributed by atoms with Gasteiger partial charge in [-0.05, 0) is 48.8 Å². The Balaban J connectivity index is 2.38. The summed E-state index contributed by atoms with van der Waals surface area (Å²) in [5.74, 6) is -1.70. The van der Waals surface area contributed by atoms with Gasteiger partial charge >= 0.3 is 5.97 Å². The van der Waals surface area contributed by atoms with E-state index in [1.165, 1.54) is 12.1 Å². The fourth-order valence-electron chi connectivity index (χ4n) is 2.59. The Hall–Kier alpha value is -1.14. The number of halogens is 2. The number of carboxylic acids is 1. The predicted molar refractivity (Wildman–Crippen MR) is 77.9 cm³/mol. The number of hydrogen-bond acceptors (Lipinski definition) is 3. The van der Waals surface area contributed by atoms with Crippen LogP contribution in [0.2, 0.25) is 0 Å². The maximum absolute atomic E-state index is 14.4. The molecule has 1 aromatic carbocycles. The third-order valence-corrected chi connectivity index (χ3v) is 3.98. The quantitative estimate of drug-likeness (QED) is 0.893. The normalized spacial score (nSPS) is 21.9. The lowest BCUT2D eigenvalue weighted by molar-refractivity contribution is -0.0751. The number of morpholine rings is 1. The summed E-state index contributed by atoms with van der Waals surface area (Å²) in [5, 5.41) is 8.99. The maximum Gasteiger partial charge on any atom is 0.336 e. The number of ether oxygens (including phenoxy) is 1. The second-order valence-corrected chi connectivity index (χ2v) is 6.43. The van der Waals surface area contributed by atoms with Crippen LogP contribution in [0.4, 0.5) is 10.1 Å². The van der Waals surface area contributed by atoms with Crippen LogP contribution >= 0.6 is 15.9 Å². The third-order valence-electron chi connectivity index (χ3n) is 3.20. The summed E-state index contributed by atoms with van der Waals surface area (Å²) in [5.41, 5.74) is -0.0564. The van der Waals surface area contributed by atoms with Crippen LogP contribution in [-0.4, -0.2) is 35.9 Å². The van der Waals surface area contributed by atoms with Crippen LogP contribution in [-0.2, 0) is 4.74 Å². The van der Waals surface area contributed by atoms with Gasteiger partial charge in [-0.25, -0.2) is 9.18 Å². The number of carboxylic acid groups (broad SMARTS) is 1. The van der Waals surface area contributed by atoms with E-state index >= 15 is 0 Å². The zero-order chi connectivity index (χ0) is 15.1. The van der Waals surface area contributed by atoms with Crippen molar-refractivity contribution in [3.05, 3.63) is 28.0 Å². The Morgan fingerprint density at radius 2 is 2.20 bits per heavy atom. The first-order chi connectivity index (χ1) is 9.21. The van der Waals surface area contributed by atoms with Crippen LogP contribution in [0.25, 0.3) is 0 Å². The van der Waals surface area contributed by atoms with Crippen molar-refractivity contribution in [3.8, 4) is 0 Å². The van der Waals surface area contributed by atoms with Crippen molar-refractivity contribution < 1.29 is 19.0 Å². The minimum absolute atomic E-state index is 0.0144. The Morgan fingerprint density at radius 1 is 1.55 bits per heavy atom. The van der Waals surface area contributed by atoms with E-state index in [2.05, 4.69) is 15.9 Å². The number of carbonyl (C=O) groups is 1. The summed E-state index contributed by atoms with van der Waals surface area (Å²) in [6.45, 7) is 6.96. The highest BCUT2D eigenvalue weighted by Gasteiger charge is 2.33. The largest absolute Gasteiger partial charge is 0.478 e. The molecule has 1 aromatic rings. The number of anilines is 1. The van der Waals surface area contributed by atoms with E-state index in [9.17, 15) is 9.18 Å². The molecule has 20 heavy (non-hydrogen) atoms. The second-order valence-electron chi connectivity index (χ2n) is 5.63. The van der Waals surface area contributed by atoms with Crippen LogP contribution in [0, 0.1) is 5.82 Å². The maximum atomic E-state index is 14.4. The average molecular weight is 346 g/mol. The lowest BCUT2D eigenvalue weighted by Gasteiger charge is -2.43. The monoisotopic (exact) mass is 345 g/mol. The summed E-state index contributed by atoms with van der Waals surface area (Å²) in [7, 11) is 0. The highest BCUT2D eigenvalue weighted by atomic mass is 79.9. The SMILES string of the molecule is CC1CN(c2ccc(C(=O)O)c(Br)c2F)CC(C)(C)O1. The molecular weight excluding hydrogens is 329 g/mol. The van der Waals surface area contributed by atoms with Crippen molar-refractivity contribution in [2.45, 2.75) is 32.5 Å². The van der Waals surface area contributed by atoms with Crippen LogP contribution in [0.1, 0.15) is 31.1 Å². The lowest BCUT2D eigenvalue weighted by Crippen LogP contribution is -2.52. The topological polar surface area (TPSA) is 49.8 Å². The summed E-state index contributed by atoms with van der Waals surface area (Å²) < 4.78 is 20.2. The average Bonchev–Trinajstić information content (AvgIpc) is 2.29. The third kappa shape index (κ3) is 2.96. The van der Waals surface area contributed by atoms with Crippen molar-refractivity contribution in [3.63, 3.8) is 0 Å². The van der Waals surface area contributed by atoms with Gasteiger partial charge < -0.3 is 14.7 Å². The molecule has 0 radical (unpaired) electrons. The molecule has 1 N–H and O–H groups in total. The fraction of sp³-hybridized carbons (Fsp3) is 0.500. The molecule has 1 aliphatic rings. The van der Waals surface area contributed by atoms with Gasteiger partial charge in [-0.2, -0.15) is 0 Å². The van der Waals surface area contributed by atoms with Crippen LogP contribution in [0.5, 0.6) is 0 Å². The molecule has 1 unspecified atom stereocenters. The van der Waals surface area contributed by atoms with Crippen LogP contribution in [0.3, 0.4) is 0 Å². The van der Waals surface area contributed by atoms with E-state index in [4.69, 9.17) is 9.84 Å². The molecule has 110 valence electrons. The molecule has 1 saturated heterocycles. The Kier molecular flexibility index (Phi) is 4.07. The number of benzene rings is 1. The van der Waals surface area contributed by atoms with E-state index in [1.807, 2.05) is 25.7 Å². The van der Waals surface area contributed by atoms with Crippen molar-refractivity contribution in [2.24, 2.45) is 0 Å². The van der Waals surface area contributed by atoms with Crippen LogP contribution in [0.15, 0.2) is 16.6 Å². The van der Waals surface area contributed by atoms with Crippen molar-refractivity contribution in [1.29, 1.82) is 0 Å². The lowest BCUT2D eigenvalue weighted by atomic mass is 10.0. The zero-order valence-corrected chi connectivity index (χ0v) is 13.2. The van der Waals surface area contributed by atoms with Crippen molar-refractivity contribution >= 4 is 27.6 Å². The molecule has 1 atom stereocenters. The molecule has 6 heteroatoms. The smallest absolute Gasteiger partial charge is 0.336 e. The van der Waals surface area contributed by atoms with Crippen LogP contribution < -0.4 is 4.90 Å². The Labute approximate surface area is 125 Å². The second kappa shape index (κ2) is 5.33. The van der Waals surface area contributed by atoms with E-state index in [-0.39, 0.29) is 21.7 Å². The molecule has 0 bridgehead atoms. The molecule has 1 aliphatic heterocycles. The zero-order valence-electron chi connectivity index (χ0n) is 11.6. The molecular formula is C14H17BrFNO3. The number of aromatic carboxylic acids is 1. The number of hydrogen-bond donors (Lipinski definition) is 1. The molecule has 0 aliphatic carbocycles. The highest BCUT2D eigenvalue weighted by Crippen LogP contribution is 2.33. The molecule has 0 aromatic heterocycles. The summed E-state index contributed by atoms with van der Waals surface area (Å²) in [4.78, 5) is 12.9. The summed E-state index contributed by atoms with van der Waals surface area (Å²) >= 11 is 3.03. The van der Waals surface area contributed by atoms with Crippen molar-refractivity contribution in [2.75, 3.05) is 18.0 Å². The molecule has 4 nitrogen and oxygen atoms in total. The van der Waals surface area contributed by atoms with E-state index < -0.39 is 11.8 Å². The molecule has 0 saturated carbocycles. The molecule has 2 rings (SSSR count). The molecule has 1 fully saturated rings. The summed E-state index contributed by atoms with van der Waals surface area (Å²) in [6.07, 6.45) is -0.0175. The first-order valence-electron chi connectivity index (χ1n) is 6.35. The number of nitrogens with zero attached hydrogens (tertiary/aromatic N) is 1. The summed E-state index contributed by atoms with van der Waals surface area (Å²) in [6, 6.07) is 2.93. The standard InChI is InChI=1S/C14H17BrFNO3/c1-8-6-17(7-14(2,3)20-8)10-5-4-9(13(18)19)11(15)12(10)16/h4-5,8H,6-7H2,1-3H3,(H,18,19). The number of rotatable bonds is 2. The minimum Gasteiger partial charge on any atom is -0.478 e. The van der Waals surface area contributed by atoms with Gasteiger partial charge in [-0.15, -0.1) is 0 Å². The molecule has 0 spiro atoms. The van der Waals surface area contributed by atoms with Gasteiger partial charge in [0.25, 0.3) is 0 Å². The molecule has 0 amide bonds. The van der Waals surface area contributed by atoms with Crippen molar-refractivity contribution in [1.82, 2.24) is 0 Å². The fourth-order valence-corrected chi connectivity index (χ4v) is 3.09. The first kappa shape index (κ1) is 15.3. The van der Waals surface area contributed by atoms with E-state index in [1.54, 1.807) is 0 Å². The molecule has 1 heterocycles. The van der Waals surface area contributed by atoms with Gasteiger partial charge in [0.2, 0.25) is 0 Å². The Bertz CT molecular complexity index is 547. The van der Waals surface area contributed by atoms with Gasteiger partial charge in [0.1, 0.15) is 0 Å². The van der Waals surface area contributed by atoms with Gasteiger partial charge in [-0.3, -0.25) is 0 Å². The first-order valence-corrected chi connectivity index (χ1v) is 7.14. The van der Waals surface area contributed by atoms with Gasteiger partial charge in [0.05, 0.1) is 27.4 Å². The Morgan fingerprint density at radius 3 is 2.75 bits per heavy atom. The van der Waals surface area contributed by atoms with E-state index in [0.29, 0.717) is 18.8 Å². The minimum atomic E-state index is -1.15.